The molecule has 0 aromatic heterocycles. The normalized spacial score (nSPS) is 14.5. The summed E-state index contributed by atoms with van der Waals surface area (Å²) in [5.41, 5.74) is 6.02. The summed E-state index contributed by atoms with van der Waals surface area (Å²) in [7, 11) is 0. The Bertz CT molecular complexity index is 1510. The summed E-state index contributed by atoms with van der Waals surface area (Å²) in [5.74, 6) is -6.96. The molecule has 314 valence electrons. The molecular formula is C39H63N7O10. The number of carbonyl (C=O) groups is 8. The topological polar surface area (TPSA) is 275 Å². The monoisotopic (exact) mass is 789 g/mol. The molecule has 0 spiro atoms. The number of benzene rings is 1. The number of carboxylic acids is 1. The molecule has 1 aromatic carbocycles. The Hall–Kier alpha value is -5.22. The Kier molecular flexibility index (Phi) is 20.6. The third kappa shape index (κ3) is 18.9. The van der Waals surface area contributed by atoms with Crippen LogP contribution in [0, 0.1) is 23.7 Å². The number of amides is 7. The molecule has 17 heteroatoms. The maximum Gasteiger partial charge on any atom is 0.305 e. The lowest BCUT2D eigenvalue weighted by Gasteiger charge is -2.28. The van der Waals surface area contributed by atoms with Gasteiger partial charge in [0.05, 0.1) is 6.42 Å². The van der Waals surface area contributed by atoms with Gasteiger partial charge in [-0.05, 0) is 67.1 Å². The number of primary amides is 1. The third-order valence-corrected chi connectivity index (χ3v) is 8.47. The van der Waals surface area contributed by atoms with Gasteiger partial charge >= 0.3 is 5.97 Å². The first-order valence-corrected chi connectivity index (χ1v) is 19.1. The molecule has 6 atom stereocenters. The Morgan fingerprint density at radius 1 is 0.518 bits per heavy atom. The third-order valence-electron chi connectivity index (χ3n) is 8.47. The van der Waals surface area contributed by atoms with Crippen LogP contribution in [0.5, 0.6) is 5.75 Å². The van der Waals surface area contributed by atoms with Gasteiger partial charge in [0.2, 0.25) is 41.4 Å². The number of phenolic OH excluding ortho intramolecular Hbond substituents is 1. The summed E-state index contributed by atoms with van der Waals surface area (Å²) in [6.45, 7) is 15.9. The summed E-state index contributed by atoms with van der Waals surface area (Å²) < 4.78 is 0. The molecule has 1 rings (SSSR count). The van der Waals surface area contributed by atoms with Crippen LogP contribution in [0.2, 0.25) is 0 Å². The fourth-order valence-electron chi connectivity index (χ4n) is 5.89. The molecule has 0 fully saturated rings. The number of aromatic hydroxyl groups is 1. The van der Waals surface area contributed by atoms with Crippen LogP contribution < -0.4 is 37.6 Å². The fraction of sp³-hybridized carbons (Fsp3) is 0.641. The van der Waals surface area contributed by atoms with Crippen LogP contribution in [-0.2, 0) is 44.8 Å². The lowest BCUT2D eigenvalue weighted by atomic mass is 9.98. The van der Waals surface area contributed by atoms with E-state index in [9.17, 15) is 48.6 Å². The molecule has 0 heterocycles. The SMILES string of the molecule is CC(=O)N[C@@H](CC(C)C)C(=O)N[C@@H](Cc1ccc(O)cc1)C(=O)N[C@@H](CC(=O)O)C(=O)N[C@@H](CC(C)C)C(=O)N[C@@H](CC(C)C)C(=O)N[C@@H](CC(C)C)C(N)=O. The van der Waals surface area contributed by atoms with Gasteiger partial charge in [-0.2, -0.15) is 0 Å². The van der Waals surface area contributed by atoms with Crippen molar-refractivity contribution in [3.05, 3.63) is 29.8 Å². The molecular weight excluding hydrogens is 726 g/mol. The van der Waals surface area contributed by atoms with Crippen LogP contribution in [0.15, 0.2) is 24.3 Å². The number of hydrogen-bond acceptors (Lipinski definition) is 9. The second kappa shape index (κ2) is 23.6. The first-order valence-electron chi connectivity index (χ1n) is 19.1. The van der Waals surface area contributed by atoms with Gasteiger partial charge in [-0.3, -0.25) is 38.4 Å². The first-order chi connectivity index (χ1) is 26.0. The predicted molar refractivity (Wildman–Crippen MR) is 208 cm³/mol. The molecule has 0 radical (unpaired) electrons. The first kappa shape index (κ1) is 48.8. The summed E-state index contributed by atoms with van der Waals surface area (Å²) in [5, 5.41) is 34.9. The lowest BCUT2D eigenvalue weighted by Crippen LogP contribution is -2.60. The van der Waals surface area contributed by atoms with E-state index in [4.69, 9.17) is 5.73 Å². The Morgan fingerprint density at radius 3 is 1.21 bits per heavy atom. The average Bonchev–Trinajstić information content (AvgIpc) is 3.05. The van der Waals surface area contributed by atoms with E-state index in [1.807, 2.05) is 41.5 Å². The lowest BCUT2D eigenvalue weighted by molar-refractivity contribution is -0.141. The molecule has 0 aliphatic heterocycles. The van der Waals surface area contributed by atoms with Crippen molar-refractivity contribution in [3.63, 3.8) is 0 Å². The molecule has 7 amide bonds. The number of carbonyl (C=O) groups excluding carboxylic acids is 7. The van der Waals surface area contributed by atoms with Crippen molar-refractivity contribution in [1.82, 2.24) is 31.9 Å². The van der Waals surface area contributed by atoms with Crippen molar-refractivity contribution in [1.29, 1.82) is 0 Å². The fourth-order valence-corrected chi connectivity index (χ4v) is 5.89. The van der Waals surface area contributed by atoms with Crippen molar-refractivity contribution < 1.29 is 48.6 Å². The van der Waals surface area contributed by atoms with E-state index in [-0.39, 0.29) is 61.5 Å². The highest BCUT2D eigenvalue weighted by molar-refractivity contribution is 5.98. The van der Waals surface area contributed by atoms with Crippen molar-refractivity contribution in [2.24, 2.45) is 29.4 Å². The molecule has 56 heavy (non-hydrogen) atoms. The van der Waals surface area contributed by atoms with E-state index < -0.39 is 90.0 Å². The molecule has 0 aliphatic rings. The van der Waals surface area contributed by atoms with E-state index in [2.05, 4.69) is 31.9 Å². The second-order valence-electron chi connectivity index (χ2n) is 15.9. The number of carboxylic acid groups (broad SMARTS) is 1. The zero-order valence-corrected chi connectivity index (χ0v) is 34.1. The zero-order valence-electron chi connectivity index (χ0n) is 34.1. The highest BCUT2D eigenvalue weighted by Gasteiger charge is 2.34. The molecule has 0 unspecified atom stereocenters. The van der Waals surface area contributed by atoms with Gasteiger partial charge in [0.1, 0.15) is 42.0 Å². The van der Waals surface area contributed by atoms with Gasteiger partial charge in [0.25, 0.3) is 0 Å². The summed E-state index contributed by atoms with van der Waals surface area (Å²) in [6, 6.07) is -1.67. The molecule has 0 bridgehead atoms. The van der Waals surface area contributed by atoms with Gasteiger partial charge in [-0.25, -0.2) is 0 Å². The van der Waals surface area contributed by atoms with Crippen LogP contribution in [0.1, 0.15) is 100.0 Å². The van der Waals surface area contributed by atoms with E-state index in [0.717, 1.165) is 0 Å². The minimum absolute atomic E-state index is 0.0198. The van der Waals surface area contributed by atoms with E-state index >= 15 is 0 Å². The number of hydrogen-bond donors (Lipinski definition) is 9. The minimum atomic E-state index is -1.72. The van der Waals surface area contributed by atoms with Crippen molar-refractivity contribution in [3.8, 4) is 5.75 Å². The van der Waals surface area contributed by atoms with Gasteiger partial charge in [0.15, 0.2) is 0 Å². The molecule has 10 N–H and O–H groups in total. The average molecular weight is 790 g/mol. The van der Waals surface area contributed by atoms with E-state index in [0.29, 0.717) is 5.56 Å². The summed E-state index contributed by atoms with van der Waals surface area (Å²) >= 11 is 0. The molecule has 0 saturated carbocycles. The van der Waals surface area contributed by atoms with Gasteiger partial charge in [0, 0.05) is 13.3 Å². The summed E-state index contributed by atoms with van der Waals surface area (Å²) in [6.07, 6.45) is -0.264. The quantitative estimate of drug-likeness (QED) is 0.0717. The Balaban J connectivity index is 3.42. The standard InChI is InChI=1S/C39H63N7O10/c1-20(2)14-27(34(40)51)42-36(53)29(16-22(5)6)43-37(54)30(17-23(7)8)44-39(56)32(19-33(49)50)46-38(55)31(18-25-10-12-26(48)13-11-25)45-35(52)28(15-21(3)4)41-24(9)47/h10-13,20-23,27-32,48H,14-19H2,1-9H3,(H2,40,51)(H,41,47)(H,42,53)(H,43,54)(H,44,56)(H,45,52)(H,46,55)(H,49,50)/t27-,28-,29-,30-,31-,32-/m0/s1. The van der Waals surface area contributed by atoms with Crippen LogP contribution in [0.25, 0.3) is 0 Å². The van der Waals surface area contributed by atoms with Crippen LogP contribution in [0.4, 0.5) is 0 Å². The number of nitrogens with two attached hydrogens (primary N) is 1. The minimum Gasteiger partial charge on any atom is -0.508 e. The largest absolute Gasteiger partial charge is 0.508 e. The molecule has 1 aromatic rings. The highest BCUT2D eigenvalue weighted by Crippen LogP contribution is 2.14. The van der Waals surface area contributed by atoms with Crippen molar-refractivity contribution in [2.45, 2.75) is 137 Å². The molecule has 0 aliphatic carbocycles. The second-order valence-corrected chi connectivity index (χ2v) is 15.9. The van der Waals surface area contributed by atoms with Crippen molar-refractivity contribution in [2.75, 3.05) is 0 Å². The Labute approximate surface area is 329 Å². The molecule has 0 saturated heterocycles. The molecule has 17 nitrogen and oxygen atoms in total. The maximum absolute atomic E-state index is 13.8. The number of aliphatic carboxylic acids is 1. The number of rotatable bonds is 24. The number of nitrogens with one attached hydrogen (secondary N) is 6. The number of phenols is 1. The van der Waals surface area contributed by atoms with Crippen LogP contribution in [0.3, 0.4) is 0 Å². The van der Waals surface area contributed by atoms with Crippen molar-refractivity contribution >= 4 is 47.3 Å². The van der Waals surface area contributed by atoms with Gasteiger partial charge in [-0.1, -0.05) is 67.5 Å². The Morgan fingerprint density at radius 2 is 0.839 bits per heavy atom. The predicted octanol–water partition coefficient (Wildman–Crippen LogP) is 1.01. The van der Waals surface area contributed by atoms with E-state index in [1.165, 1.54) is 31.2 Å². The maximum atomic E-state index is 13.8. The van der Waals surface area contributed by atoms with Crippen LogP contribution in [-0.4, -0.2) is 93.8 Å². The highest BCUT2D eigenvalue weighted by atomic mass is 16.4. The van der Waals surface area contributed by atoms with Crippen LogP contribution >= 0.6 is 0 Å². The smallest absolute Gasteiger partial charge is 0.305 e. The van der Waals surface area contributed by atoms with Gasteiger partial charge < -0.3 is 47.8 Å². The zero-order chi connectivity index (χ0) is 42.9. The van der Waals surface area contributed by atoms with Gasteiger partial charge in [-0.15, -0.1) is 0 Å². The summed E-state index contributed by atoms with van der Waals surface area (Å²) in [4.78, 5) is 104. The van der Waals surface area contributed by atoms with E-state index in [1.54, 1.807) is 13.8 Å².